The van der Waals surface area contributed by atoms with Crippen LogP contribution in [0.3, 0.4) is 0 Å². The van der Waals surface area contributed by atoms with Crippen molar-refractivity contribution >= 4 is 5.91 Å². The number of nitrogens with one attached hydrogen (secondary N) is 1. The molecule has 2 aliphatic rings. The summed E-state index contributed by atoms with van der Waals surface area (Å²) in [7, 11) is 0. The molecule has 0 bridgehead atoms. The summed E-state index contributed by atoms with van der Waals surface area (Å²) in [6, 6.07) is 0. The van der Waals surface area contributed by atoms with Crippen LogP contribution >= 0.6 is 0 Å². The van der Waals surface area contributed by atoms with Gasteiger partial charge in [0.15, 0.2) is 5.82 Å². The zero-order valence-electron chi connectivity index (χ0n) is 14.5. The molecule has 2 fully saturated rings. The van der Waals surface area contributed by atoms with Crippen molar-refractivity contribution in [3.63, 3.8) is 0 Å². The molecule has 1 unspecified atom stereocenters. The summed E-state index contributed by atoms with van der Waals surface area (Å²) in [6.07, 6.45) is 14.6. The van der Waals surface area contributed by atoms with Gasteiger partial charge in [0.25, 0.3) is 0 Å². The van der Waals surface area contributed by atoms with E-state index in [0.717, 1.165) is 62.4 Å². The van der Waals surface area contributed by atoms with E-state index in [4.69, 9.17) is 0 Å². The first-order chi connectivity index (χ1) is 12.3. The van der Waals surface area contributed by atoms with Gasteiger partial charge in [-0.1, -0.05) is 12.8 Å². The lowest BCUT2D eigenvalue weighted by molar-refractivity contribution is -0.137. The SMILES string of the molecule is O=C(C1CCCC1)N1CCCC(Cc2nccnc2-c2ncc[nH]2)C1. The highest BCUT2D eigenvalue weighted by molar-refractivity contribution is 5.79. The first-order valence-electron chi connectivity index (χ1n) is 9.39. The predicted molar refractivity (Wildman–Crippen MR) is 94.6 cm³/mol. The van der Waals surface area contributed by atoms with Gasteiger partial charge in [0.1, 0.15) is 5.69 Å². The highest BCUT2D eigenvalue weighted by atomic mass is 16.2. The van der Waals surface area contributed by atoms with Crippen LogP contribution in [-0.4, -0.2) is 43.8 Å². The molecule has 1 aliphatic heterocycles. The predicted octanol–water partition coefficient (Wildman–Crippen LogP) is 2.84. The van der Waals surface area contributed by atoms with Crippen LogP contribution in [0.4, 0.5) is 0 Å². The molecule has 1 saturated carbocycles. The molecule has 2 aromatic rings. The Morgan fingerprint density at radius 3 is 2.72 bits per heavy atom. The quantitative estimate of drug-likeness (QED) is 0.929. The van der Waals surface area contributed by atoms with Crippen LogP contribution in [0.2, 0.25) is 0 Å². The number of amides is 1. The summed E-state index contributed by atoms with van der Waals surface area (Å²) in [6.45, 7) is 1.76. The van der Waals surface area contributed by atoms with E-state index in [1.807, 2.05) is 0 Å². The van der Waals surface area contributed by atoms with Gasteiger partial charge in [-0.2, -0.15) is 0 Å². The number of hydrogen-bond donors (Lipinski definition) is 1. The van der Waals surface area contributed by atoms with Crippen molar-refractivity contribution in [2.24, 2.45) is 11.8 Å². The van der Waals surface area contributed by atoms with Crippen LogP contribution in [0.5, 0.6) is 0 Å². The Kier molecular flexibility index (Phi) is 4.76. The third-order valence-electron chi connectivity index (χ3n) is 5.51. The number of aromatic amines is 1. The summed E-state index contributed by atoms with van der Waals surface area (Å²) in [5.74, 6) is 1.86. The summed E-state index contributed by atoms with van der Waals surface area (Å²) >= 11 is 0. The Morgan fingerprint density at radius 1 is 1.08 bits per heavy atom. The fourth-order valence-corrected chi connectivity index (χ4v) is 4.25. The average molecular weight is 339 g/mol. The summed E-state index contributed by atoms with van der Waals surface area (Å²) < 4.78 is 0. The topological polar surface area (TPSA) is 74.8 Å². The van der Waals surface area contributed by atoms with Gasteiger partial charge in [-0.15, -0.1) is 0 Å². The largest absolute Gasteiger partial charge is 0.343 e. The third kappa shape index (κ3) is 3.57. The molecule has 3 heterocycles. The van der Waals surface area contributed by atoms with E-state index in [-0.39, 0.29) is 5.92 Å². The first-order valence-corrected chi connectivity index (χ1v) is 9.39. The van der Waals surface area contributed by atoms with Crippen molar-refractivity contribution in [3.8, 4) is 11.5 Å². The van der Waals surface area contributed by atoms with Crippen molar-refractivity contribution in [2.75, 3.05) is 13.1 Å². The number of H-pyrrole nitrogens is 1. The minimum absolute atomic E-state index is 0.272. The lowest BCUT2D eigenvalue weighted by atomic mass is 9.91. The van der Waals surface area contributed by atoms with Gasteiger partial charge >= 0.3 is 0 Å². The van der Waals surface area contributed by atoms with Crippen LogP contribution in [0.15, 0.2) is 24.8 Å². The molecule has 1 atom stereocenters. The zero-order valence-corrected chi connectivity index (χ0v) is 14.5. The molecule has 132 valence electrons. The number of piperidine rings is 1. The van der Waals surface area contributed by atoms with Crippen LogP contribution in [0.25, 0.3) is 11.5 Å². The van der Waals surface area contributed by atoms with E-state index in [0.29, 0.717) is 11.8 Å². The van der Waals surface area contributed by atoms with Crippen LogP contribution < -0.4 is 0 Å². The zero-order chi connectivity index (χ0) is 17.1. The van der Waals surface area contributed by atoms with E-state index < -0.39 is 0 Å². The normalized spacial score (nSPS) is 21.6. The maximum Gasteiger partial charge on any atom is 0.225 e. The Balaban J connectivity index is 1.45. The lowest BCUT2D eigenvalue weighted by Crippen LogP contribution is -2.43. The van der Waals surface area contributed by atoms with E-state index in [2.05, 4.69) is 24.8 Å². The van der Waals surface area contributed by atoms with Gasteiger partial charge in [0, 0.05) is 43.8 Å². The Hall–Kier alpha value is -2.24. The molecule has 6 nitrogen and oxygen atoms in total. The number of imidazole rings is 1. The molecule has 1 saturated heterocycles. The van der Waals surface area contributed by atoms with Crippen molar-refractivity contribution in [2.45, 2.75) is 44.9 Å². The van der Waals surface area contributed by atoms with Gasteiger partial charge in [0.05, 0.1) is 5.69 Å². The van der Waals surface area contributed by atoms with Crippen molar-refractivity contribution in [1.29, 1.82) is 0 Å². The molecule has 0 radical (unpaired) electrons. The van der Waals surface area contributed by atoms with Gasteiger partial charge in [-0.3, -0.25) is 9.78 Å². The number of aromatic nitrogens is 4. The molecular formula is C19H25N5O. The highest BCUT2D eigenvalue weighted by Gasteiger charge is 2.31. The maximum absolute atomic E-state index is 12.7. The van der Waals surface area contributed by atoms with E-state index in [1.165, 1.54) is 12.8 Å². The van der Waals surface area contributed by atoms with Crippen LogP contribution in [0.1, 0.15) is 44.2 Å². The number of nitrogens with zero attached hydrogens (tertiary/aromatic N) is 4. The fraction of sp³-hybridized carbons (Fsp3) is 0.579. The molecule has 2 aromatic heterocycles. The van der Waals surface area contributed by atoms with Crippen molar-refractivity contribution < 1.29 is 4.79 Å². The molecule has 1 amide bonds. The standard InChI is InChI=1S/C19H25N5O/c25-19(15-5-1-2-6-15)24-11-3-4-14(13-24)12-16-17(21-8-7-20-16)18-22-9-10-23-18/h7-10,14-15H,1-6,11-13H2,(H,22,23). The number of carbonyl (C=O) groups is 1. The second-order valence-corrected chi connectivity index (χ2v) is 7.27. The molecule has 6 heteroatoms. The Bertz CT molecular complexity index is 708. The van der Waals surface area contributed by atoms with E-state index in [9.17, 15) is 4.79 Å². The molecule has 1 N–H and O–H groups in total. The number of likely N-dealkylation sites (tertiary alicyclic amines) is 1. The van der Waals surface area contributed by atoms with Crippen molar-refractivity contribution in [3.05, 3.63) is 30.5 Å². The number of rotatable bonds is 4. The van der Waals surface area contributed by atoms with Crippen molar-refractivity contribution in [1.82, 2.24) is 24.8 Å². The molecule has 4 rings (SSSR count). The third-order valence-corrected chi connectivity index (χ3v) is 5.51. The Morgan fingerprint density at radius 2 is 1.92 bits per heavy atom. The molecule has 25 heavy (non-hydrogen) atoms. The Labute approximate surface area is 148 Å². The lowest BCUT2D eigenvalue weighted by Gasteiger charge is -2.34. The molecular weight excluding hydrogens is 314 g/mol. The van der Waals surface area contributed by atoms with Gasteiger partial charge in [-0.25, -0.2) is 9.97 Å². The van der Waals surface area contributed by atoms with Crippen LogP contribution in [0, 0.1) is 11.8 Å². The van der Waals surface area contributed by atoms with Gasteiger partial charge in [0.2, 0.25) is 5.91 Å². The minimum Gasteiger partial charge on any atom is -0.343 e. The van der Waals surface area contributed by atoms with Gasteiger partial charge in [-0.05, 0) is 38.0 Å². The fourth-order valence-electron chi connectivity index (χ4n) is 4.25. The molecule has 0 aromatic carbocycles. The maximum atomic E-state index is 12.7. The number of carbonyl (C=O) groups excluding carboxylic acids is 1. The van der Waals surface area contributed by atoms with Gasteiger partial charge < -0.3 is 9.88 Å². The van der Waals surface area contributed by atoms with E-state index >= 15 is 0 Å². The van der Waals surface area contributed by atoms with E-state index in [1.54, 1.807) is 24.8 Å². The smallest absolute Gasteiger partial charge is 0.225 e. The first kappa shape index (κ1) is 16.2. The monoisotopic (exact) mass is 339 g/mol. The highest BCUT2D eigenvalue weighted by Crippen LogP contribution is 2.29. The summed E-state index contributed by atoms with van der Waals surface area (Å²) in [5, 5.41) is 0. The minimum atomic E-state index is 0.272. The molecule has 0 spiro atoms. The number of hydrogen-bond acceptors (Lipinski definition) is 4. The van der Waals surface area contributed by atoms with Crippen LogP contribution in [-0.2, 0) is 11.2 Å². The summed E-state index contributed by atoms with van der Waals surface area (Å²) in [4.78, 5) is 31.3. The second-order valence-electron chi connectivity index (χ2n) is 7.27. The summed E-state index contributed by atoms with van der Waals surface area (Å²) in [5.41, 5.74) is 1.80. The molecule has 1 aliphatic carbocycles. The average Bonchev–Trinajstić information content (AvgIpc) is 3.36. The second kappa shape index (κ2) is 7.33.